The lowest BCUT2D eigenvalue weighted by Crippen LogP contribution is -2.44. The number of hydrazine groups is 2. The van der Waals surface area contributed by atoms with E-state index in [1.165, 1.54) is 17.5 Å². The van der Waals surface area contributed by atoms with Crippen LogP contribution in [0.2, 0.25) is 0 Å². The van der Waals surface area contributed by atoms with E-state index in [0.717, 1.165) is 13.0 Å². The number of halogens is 1. The largest absolute Gasteiger partial charge is 0.242 e. The highest BCUT2D eigenvalue weighted by Gasteiger charge is 2.03. The predicted octanol–water partition coefficient (Wildman–Crippen LogP) is 0.518. The van der Waals surface area contributed by atoms with Crippen molar-refractivity contribution in [1.29, 1.82) is 0 Å². The van der Waals surface area contributed by atoms with Crippen molar-refractivity contribution in [3.05, 3.63) is 12.0 Å². The zero-order valence-electron chi connectivity index (χ0n) is 6.34. The Morgan fingerprint density at radius 3 is 3.27 bits per heavy atom. The molecule has 0 radical (unpaired) electrons. The topological polar surface area (TPSA) is 39.7 Å². The van der Waals surface area contributed by atoms with E-state index < -0.39 is 5.95 Å². The molecule has 0 aromatic heterocycles. The Morgan fingerprint density at radius 1 is 1.82 bits per heavy atom. The smallest absolute Gasteiger partial charge is 0.209 e. The Hall–Kier alpha value is -1.10. The highest BCUT2D eigenvalue weighted by Crippen LogP contribution is 1.95. The van der Waals surface area contributed by atoms with Crippen LogP contribution >= 0.6 is 0 Å². The van der Waals surface area contributed by atoms with E-state index in [1.54, 1.807) is 0 Å². The summed E-state index contributed by atoms with van der Waals surface area (Å²) in [4.78, 5) is 0. The molecule has 0 atom stereocenters. The van der Waals surface area contributed by atoms with Crippen molar-refractivity contribution in [3.8, 4) is 0 Å². The summed E-state index contributed by atoms with van der Waals surface area (Å²) in [5.74, 6) is -0.413. The maximum Gasteiger partial charge on any atom is 0.209 e. The van der Waals surface area contributed by atoms with Gasteiger partial charge in [0.1, 0.15) is 0 Å². The molecule has 62 valence electrons. The summed E-state index contributed by atoms with van der Waals surface area (Å²) >= 11 is 0. The summed E-state index contributed by atoms with van der Waals surface area (Å²) in [6, 6.07) is 0. The maximum absolute atomic E-state index is 12.4. The van der Waals surface area contributed by atoms with Crippen LogP contribution in [0.3, 0.4) is 0 Å². The van der Waals surface area contributed by atoms with Crippen molar-refractivity contribution in [2.75, 3.05) is 6.54 Å². The fraction of sp³-hybridized carbons (Fsp3) is 0.500. The molecule has 0 saturated heterocycles. The van der Waals surface area contributed by atoms with Crippen LogP contribution in [-0.4, -0.2) is 18.0 Å². The van der Waals surface area contributed by atoms with Gasteiger partial charge in [-0.05, 0) is 6.42 Å². The lowest BCUT2D eigenvalue weighted by molar-refractivity contribution is 0.121. The molecule has 1 heterocycles. The predicted molar refractivity (Wildman–Crippen MR) is 41.0 cm³/mol. The minimum Gasteiger partial charge on any atom is -0.242 e. The number of allylic oxidation sites excluding steroid dienone is 1. The molecule has 0 aromatic carbocycles. The van der Waals surface area contributed by atoms with Crippen molar-refractivity contribution in [2.45, 2.75) is 13.3 Å². The van der Waals surface area contributed by atoms with Crippen molar-refractivity contribution in [2.24, 2.45) is 5.10 Å². The molecule has 0 aliphatic carbocycles. The Labute approximate surface area is 64.7 Å². The van der Waals surface area contributed by atoms with Crippen LogP contribution in [0.5, 0.6) is 0 Å². The van der Waals surface area contributed by atoms with E-state index in [9.17, 15) is 4.39 Å². The van der Waals surface area contributed by atoms with E-state index in [-0.39, 0.29) is 0 Å². The number of hydrogen-bond acceptors (Lipinski definition) is 4. The molecule has 0 fully saturated rings. The van der Waals surface area contributed by atoms with Crippen LogP contribution in [0.25, 0.3) is 0 Å². The van der Waals surface area contributed by atoms with Crippen LogP contribution in [0.1, 0.15) is 13.3 Å². The molecule has 0 amide bonds. The lowest BCUT2D eigenvalue weighted by atomic mass is 10.5. The maximum atomic E-state index is 12.4. The van der Waals surface area contributed by atoms with Crippen LogP contribution < -0.4 is 10.9 Å². The summed E-state index contributed by atoms with van der Waals surface area (Å²) in [5, 5.41) is 5.04. The Morgan fingerprint density at radius 2 is 2.64 bits per heavy atom. The first kappa shape index (κ1) is 8.00. The van der Waals surface area contributed by atoms with Gasteiger partial charge in [-0.25, -0.2) is 5.43 Å². The SMILES string of the molecule is CCCNN1N=CC=C(F)N1. The van der Waals surface area contributed by atoms with Crippen LogP contribution in [-0.2, 0) is 0 Å². The quantitative estimate of drug-likeness (QED) is 0.588. The number of nitrogens with zero attached hydrogens (tertiary/aromatic N) is 2. The van der Waals surface area contributed by atoms with Gasteiger partial charge in [0.15, 0.2) is 0 Å². The van der Waals surface area contributed by atoms with Gasteiger partial charge in [0.25, 0.3) is 0 Å². The summed E-state index contributed by atoms with van der Waals surface area (Å²) in [6.45, 7) is 2.78. The van der Waals surface area contributed by atoms with E-state index in [1.807, 2.05) is 6.92 Å². The highest BCUT2D eigenvalue weighted by atomic mass is 19.1. The first-order valence-electron chi connectivity index (χ1n) is 3.53. The fourth-order valence-corrected chi connectivity index (χ4v) is 0.631. The van der Waals surface area contributed by atoms with Gasteiger partial charge in [0, 0.05) is 12.6 Å². The van der Waals surface area contributed by atoms with E-state index in [2.05, 4.69) is 16.0 Å². The molecule has 0 unspecified atom stereocenters. The first-order chi connectivity index (χ1) is 5.33. The van der Waals surface area contributed by atoms with Crippen molar-refractivity contribution in [1.82, 2.24) is 16.1 Å². The number of hydrazone groups is 1. The lowest BCUT2D eigenvalue weighted by Gasteiger charge is -2.21. The summed E-state index contributed by atoms with van der Waals surface area (Å²) < 4.78 is 12.4. The highest BCUT2D eigenvalue weighted by molar-refractivity contribution is 5.71. The number of rotatable bonds is 3. The molecular formula is C6H11FN4. The molecule has 11 heavy (non-hydrogen) atoms. The van der Waals surface area contributed by atoms with Crippen molar-refractivity contribution < 1.29 is 4.39 Å². The minimum absolute atomic E-state index is 0.413. The van der Waals surface area contributed by atoms with Crippen LogP contribution in [0.15, 0.2) is 17.1 Å². The number of hydrogen-bond donors (Lipinski definition) is 2. The normalized spacial score (nSPS) is 16.2. The molecule has 0 aromatic rings. The fourth-order valence-electron chi connectivity index (χ4n) is 0.631. The second-order valence-corrected chi connectivity index (χ2v) is 2.11. The molecule has 4 nitrogen and oxygen atoms in total. The molecule has 1 aliphatic rings. The third-order valence-electron chi connectivity index (χ3n) is 1.13. The second-order valence-electron chi connectivity index (χ2n) is 2.11. The van der Waals surface area contributed by atoms with Gasteiger partial charge in [-0.3, -0.25) is 0 Å². The van der Waals surface area contributed by atoms with E-state index in [4.69, 9.17) is 0 Å². The van der Waals surface area contributed by atoms with E-state index >= 15 is 0 Å². The van der Waals surface area contributed by atoms with Gasteiger partial charge in [0.05, 0.1) is 6.21 Å². The molecule has 0 bridgehead atoms. The molecule has 5 heteroatoms. The zero-order chi connectivity index (χ0) is 8.10. The Balaban J connectivity index is 2.28. The van der Waals surface area contributed by atoms with Crippen molar-refractivity contribution >= 4 is 6.21 Å². The Bertz CT molecular complexity index is 177. The van der Waals surface area contributed by atoms with Gasteiger partial charge in [-0.15, -0.1) is 10.3 Å². The molecule has 2 N–H and O–H groups in total. The van der Waals surface area contributed by atoms with Crippen LogP contribution in [0, 0.1) is 0 Å². The first-order valence-corrected chi connectivity index (χ1v) is 3.53. The summed E-state index contributed by atoms with van der Waals surface area (Å²) in [7, 11) is 0. The summed E-state index contributed by atoms with van der Waals surface area (Å²) in [6.07, 6.45) is 3.61. The zero-order valence-corrected chi connectivity index (χ0v) is 6.34. The van der Waals surface area contributed by atoms with Gasteiger partial charge < -0.3 is 0 Å². The average molecular weight is 158 g/mol. The minimum atomic E-state index is -0.413. The van der Waals surface area contributed by atoms with E-state index in [0.29, 0.717) is 0 Å². The molecule has 0 saturated carbocycles. The van der Waals surface area contributed by atoms with Crippen LogP contribution in [0.4, 0.5) is 4.39 Å². The third-order valence-corrected chi connectivity index (χ3v) is 1.13. The monoisotopic (exact) mass is 158 g/mol. The Kier molecular flexibility index (Phi) is 2.85. The second kappa shape index (κ2) is 3.92. The molecular weight excluding hydrogens is 147 g/mol. The summed E-state index contributed by atoms with van der Waals surface area (Å²) in [5.41, 5.74) is 5.22. The van der Waals surface area contributed by atoms with Gasteiger partial charge in [0.2, 0.25) is 5.95 Å². The third kappa shape index (κ3) is 2.55. The van der Waals surface area contributed by atoms with Gasteiger partial charge in [-0.1, -0.05) is 6.92 Å². The molecule has 1 rings (SSSR count). The van der Waals surface area contributed by atoms with Crippen molar-refractivity contribution in [3.63, 3.8) is 0 Å². The molecule has 1 aliphatic heterocycles. The number of nitrogens with one attached hydrogen (secondary N) is 2. The molecule has 0 spiro atoms. The average Bonchev–Trinajstić information content (AvgIpc) is 2.01. The standard InChI is InChI=1S/C6H11FN4/c1-2-4-8-11-9-5-3-6(7)10-11/h3,5,8,10H,2,4H2,1H3. The van der Waals surface area contributed by atoms with Gasteiger partial charge in [-0.2, -0.15) is 9.82 Å². The van der Waals surface area contributed by atoms with Gasteiger partial charge >= 0.3 is 0 Å².